The van der Waals surface area contributed by atoms with Gasteiger partial charge in [0.25, 0.3) is 5.91 Å². The Kier molecular flexibility index (Phi) is 4.97. The van der Waals surface area contributed by atoms with Crippen molar-refractivity contribution >= 4 is 23.2 Å². The molecular formula is C18H20N2O3S. The van der Waals surface area contributed by atoms with E-state index in [2.05, 4.69) is 5.32 Å². The second-order valence-electron chi connectivity index (χ2n) is 5.73. The van der Waals surface area contributed by atoms with Crippen LogP contribution in [0.25, 0.3) is 0 Å². The zero-order valence-electron chi connectivity index (χ0n) is 13.7. The van der Waals surface area contributed by atoms with Crippen LogP contribution in [0.4, 0.5) is 0 Å². The van der Waals surface area contributed by atoms with Crippen molar-refractivity contribution < 1.29 is 14.3 Å². The highest BCUT2D eigenvalue weighted by Crippen LogP contribution is 2.43. The molecule has 1 aliphatic heterocycles. The van der Waals surface area contributed by atoms with Crippen molar-refractivity contribution in [3.05, 3.63) is 57.8 Å². The van der Waals surface area contributed by atoms with Crippen LogP contribution in [0.5, 0.6) is 0 Å². The summed E-state index contributed by atoms with van der Waals surface area (Å²) in [5.74, 6) is -0.568. The summed E-state index contributed by atoms with van der Waals surface area (Å²) in [6.07, 6.45) is 0. The van der Waals surface area contributed by atoms with Gasteiger partial charge in [-0.2, -0.15) is 0 Å². The zero-order valence-corrected chi connectivity index (χ0v) is 14.5. The maximum Gasteiger partial charge on any atom is 0.254 e. The normalized spacial score (nSPS) is 19.9. The highest BCUT2D eigenvalue weighted by atomic mass is 32.1. The fraction of sp³-hybridized carbons (Fsp3) is 0.333. The van der Waals surface area contributed by atoms with Crippen LogP contribution >= 0.6 is 11.3 Å². The van der Waals surface area contributed by atoms with E-state index in [0.717, 1.165) is 10.4 Å². The number of benzene rings is 1. The number of nitrogens with zero attached hydrogens (tertiary/aromatic N) is 1. The Morgan fingerprint density at radius 1 is 1.29 bits per heavy atom. The van der Waals surface area contributed by atoms with E-state index in [1.54, 1.807) is 36.5 Å². The molecule has 0 saturated carbocycles. The summed E-state index contributed by atoms with van der Waals surface area (Å²) >= 11 is 1.56. The van der Waals surface area contributed by atoms with Gasteiger partial charge in [-0.25, -0.2) is 0 Å². The van der Waals surface area contributed by atoms with Gasteiger partial charge in [0.1, 0.15) is 0 Å². The molecule has 0 spiro atoms. The summed E-state index contributed by atoms with van der Waals surface area (Å²) in [5.41, 5.74) is 1.38. The fourth-order valence-corrected chi connectivity index (χ4v) is 4.06. The number of ether oxygens (including phenoxy) is 1. The molecule has 1 aliphatic rings. The molecule has 24 heavy (non-hydrogen) atoms. The molecule has 1 aromatic carbocycles. The van der Waals surface area contributed by atoms with E-state index >= 15 is 0 Å². The van der Waals surface area contributed by atoms with E-state index in [1.165, 1.54) is 0 Å². The van der Waals surface area contributed by atoms with E-state index in [-0.39, 0.29) is 17.9 Å². The molecule has 0 bridgehead atoms. The van der Waals surface area contributed by atoms with E-state index in [4.69, 9.17) is 4.74 Å². The van der Waals surface area contributed by atoms with Crippen molar-refractivity contribution in [1.82, 2.24) is 10.2 Å². The van der Waals surface area contributed by atoms with Crippen LogP contribution in [0.2, 0.25) is 0 Å². The number of rotatable bonds is 5. The number of hydrogen-bond donors (Lipinski definition) is 1. The van der Waals surface area contributed by atoms with Crippen LogP contribution in [0.3, 0.4) is 0 Å². The van der Waals surface area contributed by atoms with Gasteiger partial charge in [-0.1, -0.05) is 24.3 Å². The van der Waals surface area contributed by atoms with Crippen molar-refractivity contribution in [2.24, 2.45) is 0 Å². The number of thiophene rings is 1. The molecule has 0 saturated heterocycles. The number of hydrogen-bond acceptors (Lipinski definition) is 4. The molecule has 2 amide bonds. The van der Waals surface area contributed by atoms with Crippen molar-refractivity contribution in [3.63, 3.8) is 0 Å². The summed E-state index contributed by atoms with van der Waals surface area (Å²) in [6.45, 7) is 0.904. The molecule has 0 fully saturated rings. The molecule has 2 aromatic rings. The average Bonchev–Trinajstić information content (AvgIpc) is 3.12. The van der Waals surface area contributed by atoms with Gasteiger partial charge < -0.3 is 15.0 Å². The molecule has 1 N–H and O–H groups in total. The van der Waals surface area contributed by atoms with Crippen LogP contribution in [0.15, 0.2) is 41.8 Å². The summed E-state index contributed by atoms with van der Waals surface area (Å²) in [6, 6.07) is 11.0. The van der Waals surface area contributed by atoms with Gasteiger partial charge in [0.2, 0.25) is 5.91 Å². The summed E-state index contributed by atoms with van der Waals surface area (Å²) in [7, 11) is 3.36. The van der Waals surface area contributed by atoms with Gasteiger partial charge >= 0.3 is 0 Å². The largest absolute Gasteiger partial charge is 0.383 e. The fourth-order valence-electron chi connectivity index (χ4n) is 3.16. The maximum absolute atomic E-state index is 12.9. The Hall–Kier alpha value is -2.18. The van der Waals surface area contributed by atoms with Crippen LogP contribution in [-0.4, -0.2) is 44.0 Å². The molecule has 2 heterocycles. The Balaban J connectivity index is 2.03. The molecule has 2 atom stereocenters. The van der Waals surface area contributed by atoms with Gasteiger partial charge in [-0.15, -0.1) is 11.3 Å². The molecule has 6 heteroatoms. The molecular weight excluding hydrogens is 324 g/mol. The topological polar surface area (TPSA) is 58.6 Å². The van der Waals surface area contributed by atoms with Gasteiger partial charge in [0, 0.05) is 31.1 Å². The first-order chi connectivity index (χ1) is 11.6. The van der Waals surface area contributed by atoms with E-state index in [0.29, 0.717) is 18.7 Å². The number of likely N-dealkylation sites (N-methyl/N-ethyl adjacent to an activating group) is 1. The number of methoxy groups -OCH3 is 1. The lowest BCUT2D eigenvalue weighted by Gasteiger charge is -2.39. The summed E-state index contributed by atoms with van der Waals surface area (Å²) in [5, 5.41) is 4.89. The smallest absolute Gasteiger partial charge is 0.254 e. The van der Waals surface area contributed by atoms with Crippen LogP contribution in [-0.2, 0) is 9.53 Å². The third-order valence-electron chi connectivity index (χ3n) is 4.30. The number of nitrogens with one attached hydrogen (secondary N) is 1. The third kappa shape index (κ3) is 2.95. The van der Waals surface area contributed by atoms with Crippen molar-refractivity contribution in [2.75, 3.05) is 27.3 Å². The molecule has 0 radical (unpaired) electrons. The summed E-state index contributed by atoms with van der Waals surface area (Å²) < 4.78 is 5.01. The number of carbonyl (C=O) groups is 2. The maximum atomic E-state index is 12.9. The van der Waals surface area contributed by atoms with Crippen molar-refractivity contribution in [1.29, 1.82) is 0 Å². The second-order valence-corrected chi connectivity index (χ2v) is 6.70. The lowest BCUT2D eigenvalue weighted by Crippen LogP contribution is -2.45. The predicted octanol–water partition coefficient (Wildman–Crippen LogP) is 2.42. The number of amides is 2. The van der Waals surface area contributed by atoms with E-state index < -0.39 is 5.92 Å². The van der Waals surface area contributed by atoms with Gasteiger partial charge in [0.15, 0.2) is 0 Å². The van der Waals surface area contributed by atoms with Crippen LogP contribution in [0, 0.1) is 0 Å². The van der Waals surface area contributed by atoms with Gasteiger partial charge in [0.05, 0.1) is 18.6 Å². The Morgan fingerprint density at radius 2 is 2.08 bits per heavy atom. The van der Waals surface area contributed by atoms with Crippen LogP contribution in [0.1, 0.15) is 32.8 Å². The standard InChI is InChI=1S/C18H20N2O3S/c1-20-16(14-8-5-11-24-14)15(17(21)19-9-10-23-2)12-6-3-4-7-13(12)18(20)22/h3-8,11,15-16H,9-10H2,1-2H3,(H,19,21). The number of fused-ring (bicyclic) bond motifs is 1. The minimum Gasteiger partial charge on any atom is -0.383 e. The van der Waals surface area contributed by atoms with Crippen LogP contribution < -0.4 is 5.32 Å². The van der Waals surface area contributed by atoms with Crippen molar-refractivity contribution in [3.8, 4) is 0 Å². The quantitative estimate of drug-likeness (QED) is 0.848. The SMILES string of the molecule is COCCNC(=O)C1c2ccccc2C(=O)N(C)C1c1cccs1. The second kappa shape index (κ2) is 7.15. The Bertz CT molecular complexity index is 730. The third-order valence-corrected chi connectivity index (χ3v) is 5.25. The molecule has 1 aromatic heterocycles. The average molecular weight is 344 g/mol. The minimum absolute atomic E-state index is 0.0510. The van der Waals surface area contributed by atoms with Gasteiger partial charge in [-0.05, 0) is 23.1 Å². The first-order valence-electron chi connectivity index (χ1n) is 7.81. The zero-order chi connectivity index (χ0) is 17.1. The minimum atomic E-state index is -0.431. The summed E-state index contributed by atoms with van der Waals surface area (Å²) in [4.78, 5) is 28.3. The van der Waals surface area contributed by atoms with Gasteiger partial charge in [-0.3, -0.25) is 9.59 Å². The van der Waals surface area contributed by atoms with E-state index in [1.807, 2.05) is 35.7 Å². The lowest BCUT2D eigenvalue weighted by atomic mass is 9.82. The predicted molar refractivity (Wildman–Crippen MR) is 93.2 cm³/mol. The Labute approximate surface area is 145 Å². The first kappa shape index (κ1) is 16.7. The van der Waals surface area contributed by atoms with E-state index in [9.17, 15) is 9.59 Å². The first-order valence-corrected chi connectivity index (χ1v) is 8.69. The molecule has 5 nitrogen and oxygen atoms in total. The Morgan fingerprint density at radius 3 is 2.79 bits per heavy atom. The lowest BCUT2D eigenvalue weighted by molar-refractivity contribution is -0.124. The number of carbonyl (C=O) groups excluding carboxylic acids is 2. The molecule has 2 unspecified atom stereocenters. The molecule has 3 rings (SSSR count). The molecule has 0 aliphatic carbocycles. The van der Waals surface area contributed by atoms with Crippen molar-refractivity contribution in [2.45, 2.75) is 12.0 Å². The highest BCUT2D eigenvalue weighted by Gasteiger charge is 2.42. The monoisotopic (exact) mass is 344 g/mol. The molecule has 126 valence electrons. The highest BCUT2D eigenvalue weighted by molar-refractivity contribution is 7.10.